The van der Waals surface area contributed by atoms with Gasteiger partial charge in [-0.1, -0.05) is 0 Å². The molecule has 0 aromatic carbocycles. The van der Waals surface area contributed by atoms with Crippen LogP contribution in [0, 0.1) is 10.1 Å². The van der Waals surface area contributed by atoms with E-state index < -0.39 is 16.8 Å². The molecule has 15 heavy (non-hydrogen) atoms. The maximum absolute atomic E-state index is 11.2. The van der Waals surface area contributed by atoms with Crippen LogP contribution < -0.4 is 0 Å². The van der Waals surface area contributed by atoms with Gasteiger partial charge >= 0.3 is 5.97 Å². The topological polar surface area (TPSA) is 82.3 Å². The molecule has 1 aromatic rings. The lowest BCUT2D eigenvalue weighted by Gasteiger charge is -2.08. The van der Waals surface area contributed by atoms with E-state index in [0.717, 1.165) is 6.20 Å². The van der Waals surface area contributed by atoms with Gasteiger partial charge in [0.2, 0.25) is 0 Å². The number of pyridine rings is 1. The van der Waals surface area contributed by atoms with Crippen LogP contribution in [0.15, 0.2) is 18.5 Å². The van der Waals surface area contributed by atoms with E-state index in [1.54, 1.807) is 6.92 Å². The third kappa shape index (κ3) is 2.28. The predicted molar refractivity (Wildman–Crippen MR) is 51.3 cm³/mol. The van der Waals surface area contributed by atoms with Crippen LogP contribution in [-0.2, 0) is 9.53 Å². The second-order valence-electron chi connectivity index (χ2n) is 2.94. The molecular weight excluding hydrogens is 200 g/mol. The minimum absolute atomic E-state index is 0.171. The van der Waals surface area contributed by atoms with E-state index in [4.69, 9.17) is 0 Å². The summed E-state index contributed by atoms with van der Waals surface area (Å²) in [4.78, 5) is 24.9. The Balaban J connectivity index is 3.13. The van der Waals surface area contributed by atoms with Gasteiger partial charge in [-0.3, -0.25) is 19.9 Å². The molecule has 6 nitrogen and oxygen atoms in total. The number of nitro groups is 1. The molecule has 6 heteroatoms. The number of hydrogen-bond donors (Lipinski definition) is 0. The molecule has 80 valence electrons. The first-order valence-corrected chi connectivity index (χ1v) is 4.24. The summed E-state index contributed by atoms with van der Waals surface area (Å²) >= 11 is 0. The summed E-state index contributed by atoms with van der Waals surface area (Å²) in [5.41, 5.74) is 0.136. The van der Waals surface area contributed by atoms with Crippen molar-refractivity contribution in [1.82, 2.24) is 4.98 Å². The van der Waals surface area contributed by atoms with Crippen LogP contribution in [-0.4, -0.2) is 23.0 Å². The summed E-state index contributed by atoms with van der Waals surface area (Å²) in [7, 11) is 1.24. The minimum atomic E-state index is -0.668. The largest absolute Gasteiger partial charge is 0.469 e. The number of ether oxygens (including phenoxy) is 1. The highest BCUT2D eigenvalue weighted by Gasteiger charge is 2.24. The van der Waals surface area contributed by atoms with Crippen molar-refractivity contribution in [3.63, 3.8) is 0 Å². The summed E-state index contributed by atoms with van der Waals surface area (Å²) in [5, 5.41) is 10.7. The van der Waals surface area contributed by atoms with Gasteiger partial charge in [0.05, 0.1) is 18.0 Å². The Morgan fingerprint density at radius 3 is 2.87 bits per heavy atom. The minimum Gasteiger partial charge on any atom is -0.469 e. The van der Waals surface area contributed by atoms with Crippen molar-refractivity contribution in [2.45, 2.75) is 12.8 Å². The monoisotopic (exact) mass is 210 g/mol. The van der Waals surface area contributed by atoms with E-state index in [0.29, 0.717) is 5.56 Å². The SMILES string of the molecule is COC(=O)C(C)c1ccncc1[N+](=O)[O-]. The fourth-order valence-corrected chi connectivity index (χ4v) is 1.22. The van der Waals surface area contributed by atoms with E-state index in [1.165, 1.54) is 19.4 Å². The first kappa shape index (κ1) is 11.1. The summed E-state index contributed by atoms with van der Waals surface area (Å²) in [6.45, 7) is 1.55. The molecule has 0 bridgehead atoms. The maximum Gasteiger partial charge on any atom is 0.313 e. The van der Waals surface area contributed by atoms with Crippen molar-refractivity contribution >= 4 is 11.7 Å². The van der Waals surface area contributed by atoms with Gasteiger partial charge < -0.3 is 4.74 Å². The Morgan fingerprint density at radius 1 is 1.67 bits per heavy atom. The number of carbonyl (C=O) groups excluding carboxylic acids is 1. The highest BCUT2D eigenvalue weighted by Crippen LogP contribution is 2.25. The first-order chi connectivity index (χ1) is 7.07. The Morgan fingerprint density at radius 2 is 2.33 bits per heavy atom. The lowest BCUT2D eigenvalue weighted by atomic mass is 10.0. The van der Waals surface area contributed by atoms with Crippen LogP contribution >= 0.6 is 0 Å². The third-order valence-electron chi connectivity index (χ3n) is 2.05. The second-order valence-corrected chi connectivity index (χ2v) is 2.94. The standard InChI is InChI=1S/C9H10N2O4/c1-6(9(12)15-2)7-3-4-10-5-8(7)11(13)14/h3-6H,1-2H3. The number of aromatic nitrogens is 1. The average Bonchev–Trinajstić information content (AvgIpc) is 2.27. The Bertz CT molecular complexity index is 391. The van der Waals surface area contributed by atoms with Gasteiger partial charge in [-0.05, 0) is 13.0 Å². The van der Waals surface area contributed by atoms with Gasteiger partial charge in [0.1, 0.15) is 6.20 Å². The zero-order valence-electron chi connectivity index (χ0n) is 8.34. The Labute approximate surface area is 86.0 Å². The van der Waals surface area contributed by atoms with E-state index in [-0.39, 0.29) is 5.69 Å². The van der Waals surface area contributed by atoms with Crippen LogP contribution in [0.4, 0.5) is 5.69 Å². The molecule has 1 rings (SSSR count). The lowest BCUT2D eigenvalue weighted by Crippen LogP contribution is -2.12. The van der Waals surface area contributed by atoms with Crippen LogP contribution in [0.5, 0.6) is 0 Å². The summed E-state index contributed by atoms with van der Waals surface area (Å²) in [5.74, 6) is -1.18. The summed E-state index contributed by atoms with van der Waals surface area (Å²) in [6.07, 6.45) is 2.52. The quantitative estimate of drug-likeness (QED) is 0.426. The highest BCUT2D eigenvalue weighted by molar-refractivity contribution is 5.78. The molecule has 0 aliphatic heterocycles. The van der Waals surface area contributed by atoms with Gasteiger partial charge in [0.25, 0.3) is 5.69 Å². The Hall–Kier alpha value is -1.98. The van der Waals surface area contributed by atoms with Crippen molar-refractivity contribution in [2.24, 2.45) is 0 Å². The molecule has 0 saturated heterocycles. The highest BCUT2D eigenvalue weighted by atomic mass is 16.6. The molecule has 1 heterocycles. The van der Waals surface area contributed by atoms with E-state index in [2.05, 4.69) is 9.72 Å². The van der Waals surface area contributed by atoms with Gasteiger partial charge in [-0.25, -0.2) is 0 Å². The maximum atomic E-state index is 11.2. The van der Waals surface area contributed by atoms with Crippen molar-refractivity contribution in [3.05, 3.63) is 34.1 Å². The molecule has 0 N–H and O–H groups in total. The third-order valence-corrected chi connectivity index (χ3v) is 2.05. The van der Waals surface area contributed by atoms with Crippen LogP contribution in [0.1, 0.15) is 18.4 Å². The normalized spacial score (nSPS) is 11.9. The predicted octanol–water partition coefficient (Wildman–Crippen LogP) is 1.27. The molecule has 1 atom stereocenters. The average molecular weight is 210 g/mol. The van der Waals surface area contributed by atoms with Gasteiger partial charge in [-0.2, -0.15) is 0 Å². The zero-order chi connectivity index (χ0) is 11.4. The number of carbonyl (C=O) groups is 1. The number of esters is 1. The van der Waals surface area contributed by atoms with Crippen LogP contribution in [0.3, 0.4) is 0 Å². The molecule has 0 radical (unpaired) electrons. The molecule has 1 aromatic heterocycles. The Kier molecular flexibility index (Phi) is 3.33. The lowest BCUT2D eigenvalue weighted by molar-refractivity contribution is -0.386. The molecule has 1 unspecified atom stereocenters. The number of rotatable bonds is 3. The second kappa shape index (κ2) is 4.50. The zero-order valence-corrected chi connectivity index (χ0v) is 8.34. The van der Waals surface area contributed by atoms with E-state index in [1.807, 2.05) is 0 Å². The number of nitrogens with zero attached hydrogens (tertiary/aromatic N) is 2. The smallest absolute Gasteiger partial charge is 0.313 e. The van der Waals surface area contributed by atoms with Crippen molar-refractivity contribution in [3.8, 4) is 0 Å². The van der Waals surface area contributed by atoms with E-state index >= 15 is 0 Å². The summed E-state index contributed by atoms with van der Waals surface area (Å²) < 4.78 is 4.52. The van der Waals surface area contributed by atoms with Crippen molar-refractivity contribution < 1.29 is 14.5 Å². The molecule has 0 aliphatic rings. The first-order valence-electron chi connectivity index (χ1n) is 4.24. The van der Waals surface area contributed by atoms with Gasteiger partial charge in [0, 0.05) is 11.8 Å². The fraction of sp³-hybridized carbons (Fsp3) is 0.333. The molecule has 0 amide bonds. The van der Waals surface area contributed by atoms with E-state index in [9.17, 15) is 14.9 Å². The number of hydrogen-bond acceptors (Lipinski definition) is 5. The molecule has 0 saturated carbocycles. The van der Waals surface area contributed by atoms with Gasteiger partial charge in [-0.15, -0.1) is 0 Å². The summed E-state index contributed by atoms with van der Waals surface area (Å²) in [6, 6.07) is 1.44. The van der Waals surface area contributed by atoms with Crippen LogP contribution in [0.25, 0.3) is 0 Å². The molecular formula is C9H10N2O4. The molecule has 0 aliphatic carbocycles. The van der Waals surface area contributed by atoms with Crippen LogP contribution in [0.2, 0.25) is 0 Å². The van der Waals surface area contributed by atoms with Crippen molar-refractivity contribution in [1.29, 1.82) is 0 Å². The number of methoxy groups -OCH3 is 1. The fourth-order valence-electron chi connectivity index (χ4n) is 1.22. The molecule has 0 spiro atoms. The van der Waals surface area contributed by atoms with Gasteiger partial charge in [0.15, 0.2) is 0 Å². The van der Waals surface area contributed by atoms with Crippen molar-refractivity contribution in [2.75, 3.05) is 7.11 Å². The molecule has 0 fully saturated rings.